The van der Waals surface area contributed by atoms with Gasteiger partial charge in [-0.15, -0.1) is 16.8 Å². The lowest BCUT2D eigenvalue weighted by atomic mass is 10.1. The first kappa shape index (κ1) is 25.2. The van der Waals surface area contributed by atoms with Crippen LogP contribution >= 0.6 is 11.8 Å². The van der Waals surface area contributed by atoms with Crippen LogP contribution in [-0.4, -0.2) is 32.3 Å². The zero-order valence-electron chi connectivity index (χ0n) is 20.3. The summed E-state index contributed by atoms with van der Waals surface area (Å²) in [7, 11) is 0. The number of aryl methyl sites for hydroxylation is 4. The third-order valence-corrected chi connectivity index (χ3v) is 6.42. The molecule has 0 saturated carbocycles. The average molecular weight is 478 g/mol. The quantitative estimate of drug-likeness (QED) is 0.337. The second-order valence-electron chi connectivity index (χ2n) is 8.36. The number of allylic oxidation sites excluding steroid dienone is 1. The van der Waals surface area contributed by atoms with Crippen LogP contribution in [-0.2, 0) is 11.3 Å². The standard InChI is InChI=1S/C26H31N5O2S/c1-7-12-31-24(20(6)27-25(33)21-11-9-8-10-17(21)3)29-30-26(31)34-15-22(32)28-23-18(4)13-16(2)14-19(23)5/h7-11,13-14,20H,1,12,15H2,2-6H3,(H,27,33)(H,28,32)/t20-/m1/s1. The van der Waals surface area contributed by atoms with Crippen LogP contribution in [0.15, 0.2) is 54.2 Å². The highest BCUT2D eigenvalue weighted by Gasteiger charge is 2.21. The highest BCUT2D eigenvalue weighted by Crippen LogP contribution is 2.24. The predicted octanol–water partition coefficient (Wildman–Crippen LogP) is 4.92. The van der Waals surface area contributed by atoms with Gasteiger partial charge in [0.15, 0.2) is 11.0 Å². The molecule has 0 aliphatic heterocycles. The van der Waals surface area contributed by atoms with Crippen molar-refractivity contribution in [3.05, 3.63) is 82.7 Å². The summed E-state index contributed by atoms with van der Waals surface area (Å²) in [6, 6.07) is 11.2. The Morgan fingerprint density at radius 3 is 2.41 bits per heavy atom. The summed E-state index contributed by atoms with van der Waals surface area (Å²) in [5.41, 5.74) is 5.60. The van der Waals surface area contributed by atoms with Crippen LogP contribution in [0.3, 0.4) is 0 Å². The van der Waals surface area contributed by atoms with Crippen molar-refractivity contribution < 1.29 is 9.59 Å². The van der Waals surface area contributed by atoms with E-state index in [-0.39, 0.29) is 23.6 Å². The van der Waals surface area contributed by atoms with E-state index in [1.165, 1.54) is 11.8 Å². The van der Waals surface area contributed by atoms with E-state index in [9.17, 15) is 9.59 Å². The van der Waals surface area contributed by atoms with Crippen molar-refractivity contribution in [2.45, 2.75) is 52.4 Å². The van der Waals surface area contributed by atoms with Gasteiger partial charge in [0.1, 0.15) is 0 Å². The van der Waals surface area contributed by atoms with E-state index in [2.05, 4.69) is 39.5 Å². The minimum Gasteiger partial charge on any atom is -0.342 e. The van der Waals surface area contributed by atoms with Gasteiger partial charge < -0.3 is 15.2 Å². The van der Waals surface area contributed by atoms with Gasteiger partial charge in [-0.25, -0.2) is 0 Å². The van der Waals surface area contributed by atoms with Crippen LogP contribution in [0.5, 0.6) is 0 Å². The van der Waals surface area contributed by atoms with Crippen LogP contribution < -0.4 is 10.6 Å². The molecule has 3 aromatic rings. The van der Waals surface area contributed by atoms with E-state index in [1.54, 1.807) is 12.1 Å². The second kappa shape index (κ2) is 11.2. The normalized spacial score (nSPS) is 11.7. The molecule has 1 aromatic heterocycles. The molecule has 34 heavy (non-hydrogen) atoms. The topological polar surface area (TPSA) is 88.9 Å². The maximum atomic E-state index is 12.7. The van der Waals surface area contributed by atoms with Gasteiger partial charge in [0, 0.05) is 17.8 Å². The van der Waals surface area contributed by atoms with E-state index in [4.69, 9.17) is 0 Å². The van der Waals surface area contributed by atoms with Crippen LogP contribution in [0.25, 0.3) is 0 Å². The Morgan fingerprint density at radius 1 is 1.09 bits per heavy atom. The highest BCUT2D eigenvalue weighted by atomic mass is 32.2. The summed E-state index contributed by atoms with van der Waals surface area (Å²) >= 11 is 1.30. The van der Waals surface area contributed by atoms with Crippen molar-refractivity contribution in [2.24, 2.45) is 0 Å². The SMILES string of the molecule is C=CCn1c(SCC(=O)Nc2c(C)cc(C)cc2C)nnc1[C@@H](C)NC(=O)c1ccccc1C. The van der Waals surface area contributed by atoms with Gasteiger partial charge in [-0.2, -0.15) is 0 Å². The first-order valence-electron chi connectivity index (χ1n) is 11.1. The van der Waals surface area contributed by atoms with Gasteiger partial charge in [-0.05, 0) is 57.4 Å². The first-order valence-corrected chi connectivity index (χ1v) is 12.1. The Morgan fingerprint density at radius 2 is 1.76 bits per heavy atom. The summed E-state index contributed by atoms with van der Waals surface area (Å²) in [5, 5.41) is 15.2. The maximum absolute atomic E-state index is 12.7. The number of aromatic nitrogens is 3. The fourth-order valence-corrected chi connectivity index (χ4v) is 4.63. The number of carbonyl (C=O) groups is 2. The molecule has 0 aliphatic carbocycles. The minimum atomic E-state index is -0.374. The summed E-state index contributed by atoms with van der Waals surface area (Å²) in [5.74, 6) is 0.508. The summed E-state index contributed by atoms with van der Waals surface area (Å²) in [6.07, 6.45) is 1.74. The molecule has 1 heterocycles. The smallest absolute Gasteiger partial charge is 0.252 e. The molecular weight excluding hydrogens is 446 g/mol. The Kier molecular flexibility index (Phi) is 8.28. The fraction of sp³-hybridized carbons (Fsp3) is 0.308. The largest absolute Gasteiger partial charge is 0.342 e. The van der Waals surface area contributed by atoms with E-state index >= 15 is 0 Å². The van der Waals surface area contributed by atoms with Crippen molar-refractivity contribution in [3.8, 4) is 0 Å². The molecule has 178 valence electrons. The zero-order valence-corrected chi connectivity index (χ0v) is 21.1. The molecule has 2 aromatic carbocycles. The number of anilines is 1. The molecule has 0 saturated heterocycles. The van der Waals surface area contributed by atoms with E-state index in [1.807, 2.05) is 57.4 Å². The fourth-order valence-electron chi connectivity index (χ4n) is 3.88. The zero-order chi connectivity index (χ0) is 24.8. The third-order valence-electron chi connectivity index (χ3n) is 5.46. The van der Waals surface area contributed by atoms with Gasteiger partial charge in [0.2, 0.25) is 5.91 Å². The summed E-state index contributed by atoms with van der Waals surface area (Å²) in [4.78, 5) is 25.4. The van der Waals surface area contributed by atoms with E-state index < -0.39 is 0 Å². The van der Waals surface area contributed by atoms with E-state index in [0.717, 1.165) is 27.9 Å². The lowest BCUT2D eigenvalue weighted by Gasteiger charge is -2.16. The lowest BCUT2D eigenvalue weighted by molar-refractivity contribution is -0.113. The number of nitrogens with one attached hydrogen (secondary N) is 2. The number of carbonyl (C=O) groups excluding carboxylic acids is 2. The molecule has 0 unspecified atom stereocenters. The van der Waals surface area contributed by atoms with Crippen molar-refractivity contribution in [1.82, 2.24) is 20.1 Å². The molecule has 0 bridgehead atoms. The van der Waals surface area contributed by atoms with Gasteiger partial charge >= 0.3 is 0 Å². The van der Waals surface area contributed by atoms with Crippen LogP contribution in [0, 0.1) is 27.7 Å². The number of amides is 2. The van der Waals surface area contributed by atoms with Gasteiger partial charge in [-0.3, -0.25) is 9.59 Å². The Hall–Kier alpha value is -3.39. The molecule has 7 nitrogen and oxygen atoms in total. The summed E-state index contributed by atoms with van der Waals surface area (Å²) < 4.78 is 1.87. The molecular formula is C26H31N5O2S. The molecule has 2 amide bonds. The molecule has 0 spiro atoms. The molecule has 1 atom stereocenters. The molecule has 8 heteroatoms. The molecule has 2 N–H and O–H groups in total. The Balaban J connectivity index is 1.70. The Labute approximate surface area is 205 Å². The minimum absolute atomic E-state index is 0.115. The first-order chi connectivity index (χ1) is 16.2. The lowest BCUT2D eigenvalue weighted by Crippen LogP contribution is -2.29. The van der Waals surface area contributed by atoms with Crippen LogP contribution in [0.2, 0.25) is 0 Å². The number of hydrogen-bond acceptors (Lipinski definition) is 5. The molecule has 0 aliphatic rings. The van der Waals surface area contributed by atoms with Crippen molar-refractivity contribution in [3.63, 3.8) is 0 Å². The Bertz CT molecular complexity index is 1190. The molecule has 0 radical (unpaired) electrons. The summed E-state index contributed by atoms with van der Waals surface area (Å²) in [6.45, 7) is 14.1. The number of rotatable bonds is 9. The monoisotopic (exact) mass is 477 g/mol. The number of hydrogen-bond donors (Lipinski definition) is 2. The number of nitrogens with zero attached hydrogens (tertiary/aromatic N) is 3. The van der Waals surface area contributed by atoms with Crippen molar-refractivity contribution >= 4 is 29.3 Å². The van der Waals surface area contributed by atoms with Crippen molar-refractivity contribution in [2.75, 3.05) is 11.1 Å². The highest BCUT2D eigenvalue weighted by molar-refractivity contribution is 7.99. The molecule has 0 fully saturated rings. The van der Waals surface area contributed by atoms with Gasteiger partial charge in [-0.1, -0.05) is 53.7 Å². The van der Waals surface area contributed by atoms with Gasteiger partial charge in [0.05, 0.1) is 11.8 Å². The average Bonchev–Trinajstić information content (AvgIpc) is 3.18. The van der Waals surface area contributed by atoms with Crippen LogP contribution in [0.4, 0.5) is 5.69 Å². The third kappa shape index (κ3) is 5.94. The van der Waals surface area contributed by atoms with Gasteiger partial charge in [0.25, 0.3) is 5.91 Å². The van der Waals surface area contributed by atoms with E-state index in [0.29, 0.717) is 23.1 Å². The van der Waals surface area contributed by atoms with Crippen molar-refractivity contribution in [1.29, 1.82) is 0 Å². The number of thioether (sulfide) groups is 1. The number of benzene rings is 2. The second-order valence-corrected chi connectivity index (χ2v) is 9.30. The van der Waals surface area contributed by atoms with Crippen LogP contribution in [0.1, 0.15) is 51.4 Å². The maximum Gasteiger partial charge on any atom is 0.252 e. The predicted molar refractivity (Wildman–Crippen MR) is 137 cm³/mol. The molecule has 3 rings (SSSR count).